The molecule has 0 spiro atoms. The summed E-state index contributed by atoms with van der Waals surface area (Å²) in [5.41, 5.74) is 1.57. The van der Waals surface area contributed by atoms with E-state index in [1.165, 1.54) is 0 Å². The van der Waals surface area contributed by atoms with Gasteiger partial charge in [-0.1, -0.05) is 41.9 Å². The van der Waals surface area contributed by atoms with Gasteiger partial charge < -0.3 is 14.8 Å². The summed E-state index contributed by atoms with van der Waals surface area (Å²) in [6.45, 7) is 0.328. The molecule has 0 bridgehead atoms. The van der Waals surface area contributed by atoms with Crippen LogP contribution in [0.5, 0.6) is 5.75 Å². The van der Waals surface area contributed by atoms with Crippen LogP contribution in [0.4, 0.5) is 0 Å². The predicted molar refractivity (Wildman–Crippen MR) is 96.6 cm³/mol. The molecule has 4 nitrogen and oxygen atoms in total. The van der Waals surface area contributed by atoms with E-state index in [1.807, 2.05) is 30.3 Å². The van der Waals surface area contributed by atoms with E-state index in [4.69, 9.17) is 16.0 Å². The molecule has 128 valence electrons. The number of benzene rings is 2. The van der Waals surface area contributed by atoms with Crippen LogP contribution in [0.2, 0.25) is 5.02 Å². The van der Waals surface area contributed by atoms with Gasteiger partial charge in [0.05, 0.1) is 12.8 Å². The van der Waals surface area contributed by atoms with Crippen molar-refractivity contribution in [2.24, 2.45) is 0 Å². The maximum Gasteiger partial charge on any atom is 0.221 e. The summed E-state index contributed by atoms with van der Waals surface area (Å²) in [6.07, 6.45) is 1.76. The summed E-state index contributed by atoms with van der Waals surface area (Å²) in [4.78, 5) is 12.4. The van der Waals surface area contributed by atoms with Crippen molar-refractivity contribution < 1.29 is 14.3 Å². The van der Waals surface area contributed by atoms with Gasteiger partial charge in [0.25, 0.3) is 0 Å². The average molecular weight is 356 g/mol. The second-order valence-electron chi connectivity index (χ2n) is 5.73. The Kier molecular flexibility index (Phi) is 5.41. The summed E-state index contributed by atoms with van der Waals surface area (Å²) < 4.78 is 5.22. The highest BCUT2D eigenvalue weighted by molar-refractivity contribution is 6.30. The summed E-state index contributed by atoms with van der Waals surface area (Å²) in [6, 6.07) is 18.1. The monoisotopic (exact) mass is 355 g/mol. The van der Waals surface area contributed by atoms with E-state index in [0.717, 1.165) is 5.56 Å². The van der Waals surface area contributed by atoms with Gasteiger partial charge in [0.2, 0.25) is 5.91 Å². The van der Waals surface area contributed by atoms with Crippen LogP contribution in [0.25, 0.3) is 0 Å². The number of aromatic hydroxyl groups is 1. The number of phenols is 1. The molecule has 2 N–H and O–H groups in total. The maximum absolute atomic E-state index is 12.4. The fourth-order valence-electron chi connectivity index (χ4n) is 2.75. The second-order valence-corrected chi connectivity index (χ2v) is 6.16. The molecule has 1 amide bonds. The molecule has 5 heteroatoms. The van der Waals surface area contributed by atoms with E-state index < -0.39 is 0 Å². The first-order valence-corrected chi connectivity index (χ1v) is 8.33. The average Bonchev–Trinajstić information content (AvgIpc) is 3.14. The molecular formula is C20H18ClNO3. The molecule has 0 saturated heterocycles. The maximum atomic E-state index is 12.4. The number of hydrogen-bond acceptors (Lipinski definition) is 3. The van der Waals surface area contributed by atoms with Gasteiger partial charge in [-0.25, -0.2) is 0 Å². The molecule has 2 aromatic carbocycles. The van der Waals surface area contributed by atoms with Gasteiger partial charge >= 0.3 is 0 Å². The fraction of sp³-hybridized carbons (Fsp3) is 0.150. The molecule has 0 fully saturated rings. The van der Waals surface area contributed by atoms with Gasteiger partial charge in [-0.3, -0.25) is 4.79 Å². The molecule has 0 aliphatic rings. The predicted octanol–water partition coefficient (Wildman–Crippen LogP) is 4.48. The summed E-state index contributed by atoms with van der Waals surface area (Å²) in [5, 5.41) is 13.6. The molecule has 25 heavy (non-hydrogen) atoms. The van der Waals surface area contributed by atoms with Gasteiger partial charge in [-0.05, 0) is 35.9 Å². The Balaban J connectivity index is 1.81. The van der Waals surface area contributed by atoms with E-state index in [2.05, 4.69) is 5.32 Å². The van der Waals surface area contributed by atoms with Crippen molar-refractivity contribution >= 4 is 17.5 Å². The zero-order valence-electron chi connectivity index (χ0n) is 13.5. The van der Waals surface area contributed by atoms with Crippen molar-refractivity contribution in [3.05, 3.63) is 88.8 Å². The minimum atomic E-state index is -0.295. The van der Waals surface area contributed by atoms with Crippen LogP contribution in [0.1, 0.15) is 29.2 Å². The molecule has 3 rings (SSSR count). The van der Waals surface area contributed by atoms with Crippen molar-refractivity contribution in [1.29, 1.82) is 0 Å². The van der Waals surface area contributed by atoms with Crippen LogP contribution in [-0.4, -0.2) is 11.0 Å². The normalized spacial score (nSPS) is 11.9. The SMILES string of the molecule is O=C(C[C@H](c1ccccc1)c1cc(Cl)ccc1O)NCc1ccco1. The van der Waals surface area contributed by atoms with Crippen LogP contribution >= 0.6 is 11.6 Å². The van der Waals surface area contributed by atoms with Crippen LogP contribution in [0, 0.1) is 0 Å². The van der Waals surface area contributed by atoms with E-state index in [9.17, 15) is 9.90 Å². The number of amides is 1. The topological polar surface area (TPSA) is 62.5 Å². The molecule has 0 unspecified atom stereocenters. The molecular weight excluding hydrogens is 338 g/mol. The third-order valence-electron chi connectivity index (χ3n) is 4.00. The number of rotatable bonds is 6. The quantitative estimate of drug-likeness (QED) is 0.685. The fourth-order valence-corrected chi connectivity index (χ4v) is 2.93. The second kappa shape index (κ2) is 7.90. The minimum Gasteiger partial charge on any atom is -0.508 e. The first kappa shape index (κ1) is 17.1. The number of nitrogens with one attached hydrogen (secondary N) is 1. The van der Waals surface area contributed by atoms with Gasteiger partial charge in [-0.15, -0.1) is 0 Å². The number of carbonyl (C=O) groups excluding carboxylic acids is 1. The van der Waals surface area contributed by atoms with Crippen molar-refractivity contribution in [2.75, 3.05) is 0 Å². The number of carbonyl (C=O) groups is 1. The van der Waals surface area contributed by atoms with Crippen LogP contribution in [-0.2, 0) is 11.3 Å². The van der Waals surface area contributed by atoms with Gasteiger partial charge in [0.15, 0.2) is 0 Å². The Hall–Kier alpha value is -2.72. The van der Waals surface area contributed by atoms with Crippen LogP contribution in [0.15, 0.2) is 71.3 Å². The van der Waals surface area contributed by atoms with Gasteiger partial charge in [0.1, 0.15) is 11.5 Å². The highest BCUT2D eigenvalue weighted by Crippen LogP contribution is 2.35. The lowest BCUT2D eigenvalue weighted by Gasteiger charge is -2.19. The first-order valence-electron chi connectivity index (χ1n) is 7.96. The zero-order valence-corrected chi connectivity index (χ0v) is 14.2. The van der Waals surface area contributed by atoms with Crippen LogP contribution < -0.4 is 5.32 Å². The summed E-state index contributed by atoms with van der Waals surface area (Å²) >= 11 is 6.09. The number of phenolic OH excluding ortho intramolecular Hbond substituents is 1. The first-order chi connectivity index (χ1) is 12.1. The smallest absolute Gasteiger partial charge is 0.221 e. The largest absolute Gasteiger partial charge is 0.508 e. The Morgan fingerprint density at radius 3 is 2.64 bits per heavy atom. The van der Waals surface area contributed by atoms with Crippen molar-refractivity contribution in [3.8, 4) is 5.75 Å². The van der Waals surface area contributed by atoms with Crippen LogP contribution in [0.3, 0.4) is 0 Å². The molecule has 1 aromatic heterocycles. The van der Waals surface area contributed by atoms with E-state index >= 15 is 0 Å². The lowest BCUT2D eigenvalue weighted by molar-refractivity contribution is -0.121. The number of furan rings is 1. The van der Waals surface area contributed by atoms with Gasteiger partial charge in [-0.2, -0.15) is 0 Å². The molecule has 3 aromatic rings. The Labute approximate surface area is 151 Å². The van der Waals surface area contributed by atoms with Crippen molar-refractivity contribution in [3.63, 3.8) is 0 Å². The van der Waals surface area contributed by atoms with Crippen molar-refractivity contribution in [2.45, 2.75) is 18.9 Å². The lowest BCUT2D eigenvalue weighted by Crippen LogP contribution is -2.24. The highest BCUT2D eigenvalue weighted by atomic mass is 35.5. The summed E-state index contributed by atoms with van der Waals surface area (Å²) in [5.74, 6) is 0.383. The number of halogens is 1. The van der Waals surface area contributed by atoms with E-state index in [1.54, 1.807) is 36.6 Å². The number of hydrogen-bond donors (Lipinski definition) is 2. The van der Waals surface area contributed by atoms with E-state index in [0.29, 0.717) is 22.9 Å². The Bertz CT molecular complexity index is 831. The molecule has 1 atom stereocenters. The summed E-state index contributed by atoms with van der Waals surface area (Å²) in [7, 11) is 0. The Morgan fingerprint density at radius 1 is 1.12 bits per heavy atom. The van der Waals surface area contributed by atoms with Crippen molar-refractivity contribution in [1.82, 2.24) is 5.32 Å². The third-order valence-corrected chi connectivity index (χ3v) is 4.23. The zero-order chi connectivity index (χ0) is 17.6. The molecule has 0 saturated carbocycles. The van der Waals surface area contributed by atoms with E-state index in [-0.39, 0.29) is 24.0 Å². The highest BCUT2D eigenvalue weighted by Gasteiger charge is 2.21. The molecule has 0 aliphatic heterocycles. The van der Waals surface area contributed by atoms with Gasteiger partial charge in [0, 0.05) is 22.9 Å². The minimum absolute atomic E-state index is 0.122. The Morgan fingerprint density at radius 2 is 1.92 bits per heavy atom. The molecule has 0 radical (unpaired) electrons. The molecule has 0 aliphatic carbocycles. The standard InChI is InChI=1S/C20H18ClNO3/c21-15-8-9-19(23)18(11-15)17(14-5-2-1-3-6-14)12-20(24)22-13-16-7-4-10-25-16/h1-11,17,23H,12-13H2,(H,22,24)/t17-/m1/s1. The lowest BCUT2D eigenvalue weighted by atomic mass is 9.87. The third kappa shape index (κ3) is 4.43. The molecule has 1 heterocycles.